The Bertz CT molecular complexity index is 614. The van der Waals surface area contributed by atoms with Crippen LogP contribution in [0.15, 0.2) is 42.5 Å². The number of benzene rings is 1. The van der Waals surface area contributed by atoms with Gasteiger partial charge in [0.2, 0.25) is 0 Å². The first-order valence-corrected chi connectivity index (χ1v) is 11.8. The maximum atomic E-state index is 13.1. The number of hydrogen-bond acceptors (Lipinski definition) is 4. The highest BCUT2D eigenvalue weighted by Crippen LogP contribution is 2.28. The van der Waals surface area contributed by atoms with Crippen molar-refractivity contribution < 1.29 is 9.90 Å². The van der Waals surface area contributed by atoms with E-state index in [0.717, 1.165) is 50.6 Å². The lowest BCUT2D eigenvalue weighted by Crippen LogP contribution is -2.54. The van der Waals surface area contributed by atoms with Crippen molar-refractivity contribution in [3.8, 4) is 0 Å². The molecule has 1 aromatic carbocycles. The Morgan fingerprint density at radius 1 is 1.17 bits per heavy atom. The number of para-hydroxylation sites is 1. The van der Waals surface area contributed by atoms with Gasteiger partial charge in [-0.15, -0.1) is 0 Å². The molecular weight excluding hydrogens is 374 g/mol. The molecule has 0 bridgehead atoms. The summed E-state index contributed by atoms with van der Waals surface area (Å²) in [7, 11) is 0. The Morgan fingerprint density at radius 3 is 2.60 bits per heavy atom. The lowest BCUT2D eigenvalue weighted by atomic mass is 9.84. The Balaban J connectivity index is 1.88. The Morgan fingerprint density at radius 2 is 1.90 bits per heavy atom. The first-order chi connectivity index (χ1) is 14.6. The van der Waals surface area contributed by atoms with Crippen LogP contribution in [0, 0.1) is 5.92 Å². The number of amides is 1. The van der Waals surface area contributed by atoms with E-state index in [4.69, 9.17) is 5.73 Å². The Hall–Kier alpha value is -1.69. The highest BCUT2D eigenvalue weighted by molar-refractivity contribution is 5.96. The summed E-state index contributed by atoms with van der Waals surface area (Å²) in [6, 6.07) is 8.93. The minimum absolute atomic E-state index is 0.365. The number of rotatable bonds is 13. The first-order valence-electron chi connectivity index (χ1n) is 11.8. The van der Waals surface area contributed by atoms with Crippen molar-refractivity contribution in [2.75, 3.05) is 11.6 Å². The van der Waals surface area contributed by atoms with Gasteiger partial charge in [0.15, 0.2) is 0 Å². The third-order valence-corrected chi connectivity index (χ3v) is 5.94. The van der Waals surface area contributed by atoms with E-state index in [1.165, 1.54) is 24.3 Å². The second-order valence-electron chi connectivity index (χ2n) is 8.49. The number of nitrogens with two attached hydrogens (primary N) is 1. The van der Waals surface area contributed by atoms with Crippen molar-refractivity contribution in [2.45, 2.75) is 89.7 Å². The predicted octanol–water partition coefficient (Wildman–Crippen LogP) is 4.71. The molecule has 4 N–H and O–H groups in total. The lowest BCUT2D eigenvalue weighted by Gasteiger charge is -2.30. The molecule has 2 rings (SSSR count). The molecule has 1 aromatic rings. The largest absolute Gasteiger partial charge is 0.382 e. The molecule has 0 radical (unpaired) electrons. The van der Waals surface area contributed by atoms with E-state index < -0.39 is 12.1 Å². The first kappa shape index (κ1) is 24.6. The number of allylic oxidation sites excluding steroid dienone is 2. The molecule has 0 aromatic heterocycles. The molecule has 0 saturated heterocycles. The molecule has 0 spiro atoms. The zero-order chi connectivity index (χ0) is 21.6. The number of aliphatic hydroxyl groups is 1. The predicted molar refractivity (Wildman–Crippen MR) is 125 cm³/mol. The second kappa shape index (κ2) is 14.3. The number of carbonyl (C=O) groups is 1. The van der Waals surface area contributed by atoms with Gasteiger partial charge >= 0.3 is 0 Å². The molecule has 1 amide bonds. The third kappa shape index (κ3) is 8.58. The van der Waals surface area contributed by atoms with E-state index in [0.29, 0.717) is 18.9 Å². The van der Waals surface area contributed by atoms with E-state index in [-0.39, 0.29) is 5.91 Å². The molecule has 2 atom stereocenters. The average molecular weight is 416 g/mol. The van der Waals surface area contributed by atoms with Crippen molar-refractivity contribution in [1.29, 1.82) is 0 Å². The summed E-state index contributed by atoms with van der Waals surface area (Å²) in [4.78, 5) is 13.1. The Kier molecular flexibility index (Phi) is 11.7. The number of hydrazine groups is 1. The number of nitrogens with zero attached hydrogens (tertiary/aromatic N) is 1. The summed E-state index contributed by atoms with van der Waals surface area (Å²) >= 11 is 0. The van der Waals surface area contributed by atoms with Gasteiger partial charge in [-0.3, -0.25) is 4.79 Å². The van der Waals surface area contributed by atoms with Crippen LogP contribution in [0.5, 0.6) is 0 Å². The summed E-state index contributed by atoms with van der Waals surface area (Å²) in [5.41, 5.74) is 10.2. The molecule has 1 aliphatic rings. The minimum Gasteiger partial charge on any atom is -0.382 e. The zero-order valence-electron chi connectivity index (χ0n) is 18.6. The van der Waals surface area contributed by atoms with E-state index in [9.17, 15) is 9.90 Å². The van der Waals surface area contributed by atoms with Gasteiger partial charge < -0.3 is 10.8 Å². The fourth-order valence-electron chi connectivity index (χ4n) is 4.16. The SMILES string of the molecule is CC/C=C\CCCCCNN(C(=O)C(O)[C@H](N)CC1CCCCC1)c1ccccc1. The van der Waals surface area contributed by atoms with Crippen molar-refractivity contribution in [3.05, 3.63) is 42.5 Å². The van der Waals surface area contributed by atoms with Crippen LogP contribution in [0.3, 0.4) is 0 Å². The van der Waals surface area contributed by atoms with E-state index in [1.54, 1.807) is 0 Å². The van der Waals surface area contributed by atoms with Gasteiger partial charge in [-0.05, 0) is 50.2 Å². The van der Waals surface area contributed by atoms with Gasteiger partial charge in [-0.1, -0.05) is 75.8 Å². The van der Waals surface area contributed by atoms with Crippen molar-refractivity contribution in [2.24, 2.45) is 11.7 Å². The van der Waals surface area contributed by atoms with Crippen LogP contribution >= 0.6 is 0 Å². The zero-order valence-corrected chi connectivity index (χ0v) is 18.6. The van der Waals surface area contributed by atoms with Crippen LogP contribution in [0.2, 0.25) is 0 Å². The lowest BCUT2D eigenvalue weighted by molar-refractivity contribution is -0.128. The van der Waals surface area contributed by atoms with E-state index in [1.807, 2.05) is 30.3 Å². The van der Waals surface area contributed by atoms with Gasteiger partial charge in [0.05, 0.1) is 5.69 Å². The van der Waals surface area contributed by atoms with Crippen molar-refractivity contribution in [1.82, 2.24) is 5.43 Å². The number of hydrogen-bond donors (Lipinski definition) is 3. The maximum Gasteiger partial charge on any atom is 0.271 e. The Labute approximate surface area is 182 Å². The van der Waals surface area contributed by atoms with Crippen molar-refractivity contribution >= 4 is 11.6 Å². The van der Waals surface area contributed by atoms with Crippen LogP contribution in [0.4, 0.5) is 5.69 Å². The molecule has 5 nitrogen and oxygen atoms in total. The van der Waals surface area contributed by atoms with Crippen molar-refractivity contribution in [3.63, 3.8) is 0 Å². The van der Waals surface area contributed by atoms with Crippen LogP contribution in [0.1, 0.15) is 77.6 Å². The molecule has 1 saturated carbocycles. The number of carbonyl (C=O) groups excluding carboxylic acids is 1. The summed E-state index contributed by atoms with van der Waals surface area (Å²) in [5, 5.41) is 12.2. The molecular formula is C25H41N3O2. The summed E-state index contributed by atoms with van der Waals surface area (Å²) in [6.07, 6.45) is 15.4. The number of anilines is 1. The highest BCUT2D eigenvalue weighted by atomic mass is 16.3. The van der Waals surface area contributed by atoms with E-state index >= 15 is 0 Å². The number of aliphatic hydroxyl groups excluding tert-OH is 1. The van der Waals surface area contributed by atoms with Gasteiger partial charge in [-0.2, -0.15) is 0 Å². The summed E-state index contributed by atoms with van der Waals surface area (Å²) in [6.45, 7) is 2.83. The highest BCUT2D eigenvalue weighted by Gasteiger charge is 2.30. The maximum absolute atomic E-state index is 13.1. The number of unbranched alkanes of at least 4 members (excludes halogenated alkanes) is 3. The van der Waals surface area contributed by atoms with Gasteiger partial charge in [0, 0.05) is 12.6 Å². The van der Waals surface area contributed by atoms with Crippen LogP contribution < -0.4 is 16.2 Å². The fraction of sp³-hybridized carbons (Fsp3) is 0.640. The number of nitrogens with one attached hydrogen (secondary N) is 1. The molecule has 30 heavy (non-hydrogen) atoms. The van der Waals surface area contributed by atoms with Gasteiger partial charge in [0.25, 0.3) is 5.91 Å². The van der Waals surface area contributed by atoms with Gasteiger partial charge in [0.1, 0.15) is 6.10 Å². The van der Waals surface area contributed by atoms with Crippen LogP contribution in [-0.2, 0) is 4.79 Å². The van der Waals surface area contributed by atoms with Crippen LogP contribution in [-0.4, -0.2) is 29.7 Å². The molecule has 168 valence electrons. The van der Waals surface area contributed by atoms with E-state index in [2.05, 4.69) is 24.5 Å². The third-order valence-electron chi connectivity index (χ3n) is 5.94. The second-order valence-corrected chi connectivity index (χ2v) is 8.49. The van der Waals surface area contributed by atoms with Gasteiger partial charge in [-0.25, -0.2) is 10.4 Å². The smallest absolute Gasteiger partial charge is 0.271 e. The average Bonchev–Trinajstić information content (AvgIpc) is 2.78. The topological polar surface area (TPSA) is 78.6 Å². The molecule has 1 unspecified atom stereocenters. The summed E-state index contributed by atoms with van der Waals surface area (Å²) in [5.74, 6) is 0.159. The standard InChI is InChI=1S/C25H41N3O2/c1-2-3-4-5-6-7-14-19-27-28(22-17-12-9-13-18-22)25(30)24(29)23(26)20-21-15-10-8-11-16-21/h3-4,9,12-13,17-18,21,23-24,27,29H,2,5-8,10-11,14-16,19-20,26H2,1H3/b4-3-/t23-,24?/m1/s1. The molecule has 1 fully saturated rings. The molecule has 1 aliphatic carbocycles. The molecule has 0 aliphatic heterocycles. The quantitative estimate of drug-likeness (QED) is 0.248. The normalized spacial score (nSPS) is 17.2. The van der Waals surface area contributed by atoms with Crippen LogP contribution in [0.25, 0.3) is 0 Å². The molecule has 0 heterocycles. The minimum atomic E-state index is -1.20. The summed E-state index contributed by atoms with van der Waals surface area (Å²) < 4.78 is 0. The fourth-order valence-corrected chi connectivity index (χ4v) is 4.16. The molecule has 5 heteroatoms. The monoisotopic (exact) mass is 415 g/mol.